The minimum atomic E-state index is 0.788. The number of aromatic amines is 1. The Balaban J connectivity index is 1.63. The van der Waals surface area contributed by atoms with Gasteiger partial charge >= 0.3 is 0 Å². The number of hydrogen-bond acceptors (Lipinski definition) is 6. The normalized spacial score (nSPS) is 14.3. The molecule has 1 aliphatic carbocycles. The number of hydrogen-bond donors (Lipinski definition) is 2. The second-order valence-electron chi connectivity index (χ2n) is 5.77. The fourth-order valence-corrected chi connectivity index (χ4v) is 4.46. The standard InChI is InChI=1S/C16H14N6S/c1-2-4-12-11(3-1)13-15(18-8-19-16(13)23-12)21-10-5-9-6-20-22-14(9)17-7-10/h5-8H,1-4H2,(H,17,20,22)(H,18,19,21). The molecule has 2 N–H and O–H groups in total. The molecule has 0 unspecified atom stereocenters. The molecule has 0 fully saturated rings. The fraction of sp³-hybridized carbons (Fsp3) is 0.250. The van der Waals surface area contributed by atoms with E-state index < -0.39 is 0 Å². The van der Waals surface area contributed by atoms with Crippen LogP contribution in [0.1, 0.15) is 23.3 Å². The van der Waals surface area contributed by atoms with Crippen LogP contribution in [0.2, 0.25) is 0 Å². The average molecular weight is 322 g/mol. The smallest absolute Gasteiger partial charge is 0.155 e. The molecule has 0 aliphatic heterocycles. The van der Waals surface area contributed by atoms with E-state index in [1.807, 2.05) is 6.07 Å². The number of fused-ring (bicyclic) bond motifs is 4. The van der Waals surface area contributed by atoms with Crippen LogP contribution in [0, 0.1) is 0 Å². The summed E-state index contributed by atoms with van der Waals surface area (Å²) in [6.45, 7) is 0. The summed E-state index contributed by atoms with van der Waals surface area (Å²) in [6, 6.07) is 2.03. The third-order valence-corrected chi connectivity index (χ3v) is 5.51. The highest BCUT2D eigenvalue weighted by atomic mass is 32.1. The Kier molecular flexibility index (Phi) is 2.81. The van der Waals surface area contributed by atoms with Crippen molar-refractivity contribution in [2.24, 2.45) is 0 Å². The lowest BCUT2D eigenvalue weighted by Crippen LogP contribution is -2.01. The molecule has 0 spiro atoms. The summed E-state index contributed by atoms with van der Waals surface area (Å²) < 4.78 is 0. The highest BCUT2D eigenvalue weighted by Gasteiger charge is 2.19. The van der Waals surface area contributed by atoms with Crippen LogP contribution in [0.25, 0.3) is 21.3 Å². The minimum Gasteiger partial charge on any atom is -0.338 e. The van der Waals surface area contributed by atoms with E-state index in [4.69, 9.17) is 0 Å². The summed E-state index contributed by atoms with van der Waals surface area (Å²) in [5.74, 6) is 0.874. The van der Waals surface area contributed by atoms with Crippen molar-refractivity contribution in [2.75, 3.05) is 5.32 Å². The van der Waals surface area contributed by atoms with Crippen LogP contribution in [0.4, 0.5) is 11.5 Å². The summed E-state index contributed by atoms with van der Waals surface area (Å²) in [4.78, 5) is 15.9. The molecule has 0 atom stereocenters. The number of rotatable bonds is 2. The van der Waals surface area contributed by atoms with Gasteiger partial charge in [0.15, 0.2) is 5.65 Å². The van der Waals surface area contributed by atoms with Crippen molar-refractivity contribution in [1.82, 2.24) is 25.1 Å². The molecule has 4 heterocycles. The summed E-state index contributed by atoms with van der Waals surface area (Å²) in [6.07, 6.45) is 10.0. The molecule has 4 aromatic rings. The zero-order chi connectivity index (χ0) is 15.2. The first-order valence-corrected chi connectivity index (χ1v) is 8.51. The molecule has 0 aromatic carbocycles. The first kappa shape index (κ1) is 13.0. The zero-order valence-corrected chi connectivity index (χ0v) is 13.2. The van der Waals surface area contributed by atoms with Gasteiger partial charge in [-0.15, -0.1) is 11.3 Å². The molecule has 1 aliphatic rings. The van der Waals surface area contributed by atoms with Gasteiger partial charge in [0, 0.05) is 10.3 Å². The molecule has 6 nitrogen and oxygen atoms in total. The second-order valence-corrected chi connectivity index (χ2v) is 6.85. The molecule has 23 heavy (non-hydrogen) atoms. The molecule has 0 saturated carbocycles. The van der Waals surface area contributed by atoms with Crippen LogP contribution in [-0.4, -0.2) is 25.1 Å². The van der Waals surface area contributed by atoms with E-state index in [1.165, 1.54) is 35.1 Å². The number of aryl methyl sites for hydroxylation is 2. The van der Waals surface area contributed by atoms with Gasteiger partial charge in [0.25, 0.3) is 0 Å². The second kappa shape index (κ2) is 4.99. The number of nitrogens with one attached hydrogen (secondary N) is 2. The van der Waals surface area contributed by atoms with Gasteiger partial charge < -0.3 is 5.32 Å². The maximum absolute atomic E-state index is 4.48. The molecule has 0 saturated heterocycles. The number of thiophene rings is 1. The number of anilines is 2. The third kappa shape index (κ3) is 2.08. The molecule has 4 aromatic heterocycles. The topological polar surface area (TPSA) is 79.4 Å². The van der Waals surface area contributed by atoms with Crippen LogP contribution in [0.5, 0.6) is 0 Å². The monoisotopic (exact) mass is 322 g/mol. The SMILES string of the molecule is c1nc(Nc2cnc3[nH]ncc3c2)c2c3c(sc2n1)CCCC3. The lowest BCUT2D eigenvalue weighted by molar-refractivity contribution is 0.700. The molecular formula is C16H14N6S. The quantitative estimate of drug-likeness (QED) is 0.589. The first-order valence-electron chi connectivity index (χ1n) is 7.70. The number of nitrogens with zero attached hydrogens (tertiary/aromatic N) is 4. The minimum absolute atomic E-state index is 0.788. The van der Waals surface area contributed by atoms with E-state index in [2.05, 4.69) is 30.5 Å². The van der Waals surface area contributed by atoms with E-state index in [9.17, 15) is 0 Å². The van der Waals surface area contributed by atoms with Gasteiger partial charge in [0.2, 0.25) is 0 Å². The molecule has 0 amide bonds. The van der Waals surface area contributed by atoms with Crippen molar-refractivity contribution >= 4 is 44.1 Å². The lowest BCUT2D eigenvalue weighted by Gasteiger charge is -2.12. The fourth-order valence-electron chi connectivity index (χ4n) is 3.23. The highest BCUT2D eigenvalue weighted by Crippen LogP contribution is 2.38. The Morgan fingerprint density at radius 2 is 2.04 bits per heavy atom. The van der Waals surface area contributed by atoms with Crippen LogP contribution in [-0.2, 0) is 12.8 Å². The van der Waals surface area contributed by atoms with Crippen molar-refractivity contribution in [2.45, 2.75) is 25.7 Å². The Morgan fingerprint density at radius 1 is 1.09 bits per heavy atom. The summed E-state index contributed by atoms with van der Waals surface area (Å²) in [5.41, 5.74) is 3.13. The van der Waals surface area contributed by atoms with Crippen molar-refractivity contribution in [3.05, 3.63) is 35.2 Å². The van der Waals surface area contributed by atoms with E-state index in [-0.39, 0.29) is 0 Å². The number of pyridine rings is 1. The van der Waals surface area contributed by atoms with Gasteiger partial charge in [0.05, 0.1) is 23.5 Å². The highest BCUT2D eigenvalue weighted by molar-refractivity contribution is 7.19. The maximum Gasteiger partial charge on any atom is 0.155 e. The summed E-state index contributed by atoms with van der Waals surface area (Å²) >= 11 is 1.81. The molecule has 114 valence electrons. The molecular weight excluding hydrogens is 308 g/mol. The molecule has 0 radical (unpaired) electrons. The van der Waals surface area contributed by atoms with Gasteiger partial charge in [0.1, 0.15) is 17.0 Å². The van der Waals surface area contributed by atoms with Gasteiger partial charge in [-0.3, -0.25) is 5.10 Å². The lowest BCUT2D eigenvalue weighted by atomic mass is 9.97. The van der Waals surface area contributed by atoms with Crippen LogP contribution in [0.3, 0.4) is 0 Å². The predicted octanol–water partition coefficient (Wildman–Crippen LogP) is 3.59. The third-order valence-electron chi connectivity index (χ3n) is 4.31. The Bertz CT molecular complexity index is 1020. The summed E-state index contributed by atoms with van der Waals surface area (Å²) in [5, 5.41) is 12.4. The van der Waals surface area contributed by atoms with Gasteiger partial charge in [-0.2, -0.15) is 5.10 Å². The Morgan fingerprint density at radius 3 is 3.04 bits per heavy atom. The summed E-state index contributed by atoms with van der Waals surface area (Å²) in [7, 11) is 0. The van der Waals surface area contributed by atoms with Crippen LogP contribution >= 0.6 is 11.3 Å². The van der Waals surface area contributed by atoms with Gasteiger partial charge in [-0.05, 0) is 37.3 Å². The van der Waals surface area contributed by atoms with Crippen molar-refractivity contribution in [3.8, 4) is 0 Å². The Hall–Kier alpha value is -2.54. The molecule has 5 rings (SSSR count). The van der Waals surface area contributed by atoms with Gasteiger partial charge in [-0.1, -0.05) is 0 Å². The number of H-pyrrole nitrogens is 1. The van der Waals surface area contributed by atoms with E-state index >= 15 is 0 Å². The van der Waals surface area contributed by atoms with E-state index in [0.717, 1.165) is 33.8 Å². The van der Waals surface area contributed by atoms with Crippen molar-refractivity contribution in [1.29, 1.82) is 0 Å². The largest absolute Gasteiger partial charge is 0.338 e. The van der Waals surface area contributed by atoms with Crippen LogP contribution in [0.15, 0.2) is 24.8 Å². The van der Waals surface area contributed by atoms with E-state index in [1.54, 1.807) is 30.1 Å². The van der Waals surface area contributed by atoms with Crippen LogP contribution < -0.4 is 5.32 Å². The zero-order valence-electron chi connectivity index (χ0n) is 12.3. The predicted molar refractivity (Wildman–Crippen MR) is 91.2 cm³/mol. The maximum atomic E-state index is 4.48. The van der Waals surface area contributed by atoms with Gasteiger partial charge in [-0.25, -0.2) is 15.0 Å². The Labute approximate surface area is 136 Å². The first-order chi connectivity index (χ1) is 11.4. The van der Waals surface area contributed by atoms with E-state index in [0.29, 0.717) is 0 Å². The average Bonchev–Trinajstić information content (AvgIpc) is 3.18. The number of aromatic nitrogens is 5. The molecule has 0 bridgehead atoms. The van der Waals surface area contributed by atoms with Crippen molar-refractivity contribution < 1.29 is 0 Å². The van der Waals surface area contributed by atoms with Crippen molar-refractivity contribution in [3.63, 3.8) is 0 Å². The molecule has 7 heteroatoms.